The smallest absolute Gasteiger partial charge is 0.318 e. The maximum atomic E-state index is 12.8. The van der Waals surface area contributed by atoms with Crippen LogP contribution in [0.25, 0.3) is 0 Å². The lowest BCUT2D eigenvalue weighted by atomic mass is 10.2. The van der Waals surface area contributed by atoms with Gasteiger partial charge in [0.2, 0.25) is 5.89 Å². The van der Waals surface area contributed by atoms with Crippen LogP contribution in [0, 0.1) is 6.92 Å². The van der Waals surface area contributed by atoms with Crippen molar-refractivity contribution >= 4 is 23.3 Å². The summed E-state index contributed by atoms with van der Waals surface area (Å²) in [5, 5.41) is 8.86. The molecule has 140 valence electrons. The molecule has 1 saturated carbocycles. The highest BCUT2D eigenvalue weighted by Gasteiger charge is 2.27. The van der Waals surface area contributed by atoms with E-state index in [1.54, 1.807) is 11.3 Å². The fraction of sp³-hybridized carbons (Fsp3) is 0.529. The third-order valence-electron chi connectivity index (χ3n) is 4.44. The van der Waals surface area contributed by atoms with Crippen LogP contribution in [0.1, 0.15) is 51.9 Å². The minimum Gasteiger partial charge on any atom is -0.352 e. The van der Waals surface area contributed by atoms with Crippen LogP contribution in [0.5, 0.6) is 0 Å². The molecule has 0 bridgehead atoms. The van der Waals surface area contributed by atoms with E-state index in [0.29, 0.717) is 6.54 Å². The number of hydrogen-bond acceptors (Lipinski definition) is 6. The van der Waals surface area contributed by atoms with Gasteiger partial charge in [-0.05, 0) is 31.9 Å². The van der Waals surface area contributed by atoms with Gasteiger partial charge in [-0.15, -0.1) is 11.3 Å². The van der Waals surface area contributed by atoms with Crippen molar-refractivity contribution in [3.63, 3.8) is 0 Å². The summed E-state index contributed by atoms with van der Waals surface area (Å²) >= 11 is 1.71. The average Bonchev–Trinajstić information content (AvgIpc) is 3.38. The summed E-state index contributed by atoms with van der Waals surface area (Å²) in [6.07, 6.45) is 4.35. The van der Waals surface area contributed by atoms with Gasteiger partial charge in [0.15, 0.2) is 0 Å². The van der Waals surface area contributed by atoms with Crippen LogP contribution in [0.3, 0.4) is 0 Å². The minimum absolute atomic E-state index is 0.0431. The van der Waals surface area contributed by atoms with E-state index < -0.39 is 5.91 Å². The van der Waals surface area contributed by atoms with Gasteiger partial charge in [-0.1, -0.05) is 18.0 Å². The van der Waals surface area contributed by atoms with Gasteiger partial charge in [-0.25, -0.2) is 4.79 Å². The Labute approximate surface area is 156 Å². The summed E-state index contributed by atoms with van der Waals surface area (Å²) in [7, 11) is 1.49. The molecule has 2 N–H and O–H groups in total. The fourth-order valence-electron chi connectivity index (χ4n) is 3.10. The van der Waals surface area contributed by atoms with E-state index in [-0.39, 0.29) is 30.3 Å². The number of thiophene rings is 1. The van der Waals surface area contributed by atoms with Gasteiger partial charge in [-0.3, -0.25) is 4.79 Å². The molecule has 26 heavy (non-hydrogen) atoms. The standard InChI is InChI=1S/C17H23N5O3S/c1-11-7-8-13(26-11)10-22(12-5-3-4-6-12)17(24)19-9-14-20-15(21-25-14)16(23)18-2/h7-8,12H,3-6,9-10H2,1-2H3,(H,18,23)(H,19,24). The highest BCUT2D eigenvalue weighted by Crippen LogP contribution is 2.27. The van der Waals surface area contributed by atoms with Crippen LogP contribution in [-0.4, -0.2) is 40.1 Å². The van der Waals surface area contributed by atoms with E-state index in [9.17, 15) is 9.59 Å². The van der Waals surface area contributed by atoms with Crippen molar-refractivity contribution in [2.45, 2.75) is 51.7 Å². The van der Waals surface area contributed by atoms with Crippen molar-refractivity contribution < 1.29 is 14.1 Å². The van der Waals surface area contributed by atoms with Crippen LogP contribution < -0.4 is 10.6 Å². The zero-order chi connectivity index (χ0) is 18.5. The molecule has 3 amide bonds. The first kappa shape index (κ1) is 18.4. The molecular formula is C17H23N5O3S. The van der Waals surface area contributed by atoms with Crippen LogP contribution in [0.2, 0.25) is 0 Å². The Hall–Kier alpha value is -2.42. The van der Waals surface area contributed by atoms with Gasteiger partial charge in [0, 0.05) is 22.8 Å². The second-order valence-electron chi connectivity index (χ2n) is 6.33. The summed E-state index contributed by atoms with van der Waals surface area (Å²) in [6, 6.07) is 4.25. The van der Waals surface area contributed by atoms with Crippen molar-refractivity contribution in [2.75, 3.05) is 7.05 Å². The number of nitrogens with zero attached hydrogens (tertiary/aromatic N) is 3. The Morgan fingerprint density at radius 2 is 2.12 bits per heavy atom. The van der Waals surface area contributed by atoms with E-state index in [0.717, 1.165) is 25.7 Å². The molecule has 0 radical (unpaired) electrons. The summed E-state index contributed by atoms with van der Waals surface area (Å²) in [6.45, 7) is 2.76. The fourth-order valence-corrected chi connectivity index (χ4v) is 3.99. The number of aromatic nitrogens is 2. The maximum absolute atomic E-state index is 12.8. The van der Waals surface area contributed by atoms with Gasteiger partial charge in [0.1, 0.15) is 0 Å². The Balaban J connectivity index is 1.63. The number of urea groups is 1. The lowest BCUT2D eigenvalue weighted by Gasteiger charge is -2.28. The van der Waals surface area contributed by atoms with E-state index >= 15 is 0 Å². The lowest BCUT2D eigenvalue weighted by molar-refractivity contribution is 0.0949. The van der Waals surface area contributed by atoms with Crippen LogP contribution in [0.15, 0.2) is 16.7 Å². The maximum Gasteiger partial charge on any atom is 0.318 e. The zero-order valence-electron chi connectivity index (χ0n) is 14.9. The molecule has 2 heterocycles. The average molecular weight is 377 g/mol. The van der Waals surface area contributed by atoms with Gasteiger partial charge < -0.3 is 20.1 Å². The highest BCUT2D eigenvalue weighted by molar-refractivity contribution is 7.11. The third kappa shape index (κ3) is 4.40. The number of hydrogen-bond donors (Lipinski definition) is 2. The van der Waals surface area contributed by atoms with E-state index in [2.05, 4.69) is 39.8 Å². The molecule has 2 aromatic rings. The Morgan fingerprint density at radius 1 is 1.35 bits per heavy atom. The first-order valence-corrected chi connectivity index (χ1v) is 9.53. The largest absolute Gasteiger partial charge is 0.352 e. The van der Waals surface area contributed by atoms with Crippen molar-refractivity contribution in [3.05, 3.63) is 33.6 Å². The molecule has 0 saturated heterocycles. The van der Waals surface area contributed by atoms with Crippen molar-refractivity contribution in [2.24, 2.45) is 0 Å². The van der Waals surface area contributed by atoms with E-state index in [1.807, 2.05) is 4.90 Å². The summed E-state index contributed by atoms with van der Waals surface area (Å²) in [5.74, 6) is -0.263. The first-order chi connectivity index (χ1) is 12.6. The summed E-state index contributed by atoms with van der Waals surface area (Å²) in [4.78, 5) is 32.5. The Kier molecular flexibility index (Phi) is 5.87. The molecule has 0 unspecified atom stereocenters. The normalized spacial score (nSPS) is 14.4. The number of aryl methyl sites for hydroxylation is 1. The number of rotatable bonds is 6. The second-order valence-corrected chi connectivity index (χ2v) is 7.70. The van der Waals surface area contributed by atoms with Crippen molar-refractivity contribution in [1.82, 2.24) is 25.7 Å². The van der Waals surface area contributed by atoms with Gasteiger partial charge in [-0.2, -0.15) is 4.98 Å². The third-order valence-corrected chi connectivity index (χ3v) is 5.42. The molecule has 9 heteroatoms. The molecule has 0 spiro atoms. The predicted octanol–water partition coefficient (Wildman–Crippen LogP) is 2.45. The molecule has 3 rings (SSSR count). The summed E-state index contributed by atoms with van der Waals surface area (Å²) < 4.78 is 5.01. The minimum atomic E-state index is -0.424. The first-order valence-electron chi connectivity index (χ1n) is 8.71. The van der Waals surface area contributed by atoms with Gasteiger partial charge in [0.05, 0.1) is 13.1 Å². The predicted molar refractivity (Wildman–Crippen MR) is 96.8 cm³/mol. The second kappa shape index (κ2) is 8.31. The molecular weight excluding hydrogens is 354 g/mol. The number of carbonyl (C=O) groups excluding carboxylic acids is 2. The molecule has 0 aliphatic heterocycles. The Morgan fingerprint density at radius 3 is 2.77 bits per heavy atom. The number of amides is 3. The van der Waals surface area contributed by atoms with Crippen LogP contribution in [0.4, 0.5) is 4.79 Å². The van der Waals surface area contributed by atoms with E-state index in [4.69, 9.17) is 4.52 Å². The van der Waals surface area contributed by atoms with Crippen LogP contribution >= 0.6 is 11.3 Å². The van der Waals surface area contributed by atoms with Crippen molar-refractivity contribution in [1.29, 1.82) is 0 Å². The van der Waals surface area contributed by atoms with Crippen molar-refractivity contribution in [3.8, 4) is 0 Å². The molecule has 1 fully saturated rings. The number of nitrogens with one attached hydrogen (secondary N) is 2. The summed E-state index contributed by atoms with van der Waals surface area (Å²) in [5.41, 5.74) is 0. The number of carbonyl (C=O) groups is 2. The van der Waals surface area contributed by atoms with Gasteiger partial charge >= 0.3 is 6.03 Å². The molecule has 0 atom stereocenters. The monoisotopic (exact) mass is 377 g/mol. The van der Waals surface area contributed by atoms with E-state index in [1.165, 1.54) is 16.8 Å². The zero-order valence-corrected chi connectivity index (χ0v) is 15.8. The SMILES string of the molecule is CNC(=O)c1noc(CNC(=O)N(Cc2ccc(C)s2)C2CCCC2)n1. The van der Waals surface area contributed by atoms with Crippen LogP contribution in [-0.2, 0) is 13.1 Å². The Bertz CT molecular complexity index is 766. The molecule has 0 aromatic carbocycles. The highest BCUT2D eigenvalue weighted by atomic mass is 32.1. The molecule has 1 aliphatic rings. The molecule has 8 nitrogen and oxygen atoms in total. The molecule has 2 aromatic heterocycles. The quantitative estimate of drug-likeness (QED) is 0.805. The molecule has 1 aliphatic carbocycles. The van der Waals surface area contributed by atoms with Gasteiger partial charge in [0.25, 0.3) is 11.7 Å². The topological polar surface area (TPSA) is 100 Å². The lowest BCUT2D eigenvalue weighted by Crippen LogP contribution is -2.44.